The standard InChI is InChI=1S/C20H27N3O2/c1-6-23(16(4)17-8-7-11-21-13-17)20(24)22-15(3)18-12-14(2)9-10-19(18)25-5/h7-13,15-16H,6H2,1-5H3,(H,22,24)/t15-,16+/m0/s1. The number of amides is 2. The third-order valence-electron chi connectivity index (χ3n) is 4.43. The number of methoxy groups -OCH3 is 1. The molecule has 1 aromatic heterocycles. The van der Waals surface area contributed by atoms with E-state index in [1.807, 2.05) is 58.0 Å². The largest absolute Gasteiger partial charge is 0.496 e. The van der Waals surface area contributed by atoms with Crippen LogP contribution in [0.5, 0.6) is 5.75 Å². The lowest BCUT2D eigenvalue weighted by molar-refractivity contribution is 0.179. The minimum Gasteiger partial charge on any atom is -0.496 e. The summed E-state index contributed by atoms with van der Waals surface area (Å²) in [5.74, 6) is 0.779. The van der Waals surface area contributed by atoms with Gasteiger partial charge in [-0.1, -0.05) is 23.8 Å². The van der Waals surface area contributed by atoms with E-state index in [0.29, 0.717) is 6.54 Å². The minimum absolute atomic E-state index is 0.0506. The normalized spacial score (nSPS) is 13.0. The molecular weight excluding hydrogens is 314 g/mol. The van der Waals surface area contributed by atoms with Gasteiger partial charge in [-0.25, -0.2) is 4.79 Å². The molecule has 2 aromatic rings. The number of carbonyl (C=O) groups excluding carboxylic acids is 1. The molecule has 0 radical (unpaired) electrons. The van der Waals surface area contributed by atoms with Crippen LogP contribution in [0.25, 0.3) is 0 Å². The first-order valence-corrected chi connectivity index (χ1v) is 8.59. The number of nitrogens with one attached hydrogen (secondary N) is 1. The lowest BCUT2D eigenvalue weighted by atomic mass is 10.0. The number of benzene rings is 1. The van der Waals surface area contributed by atoms with E-state index in [4.69, 9.17) is 4.74 Å². The molecule has 25 heavy (non-hydrogen) atoms. The average molecular weight is 341 g/mol. The Morgan fingerprint density at radius 2 is 2.08 bits per heavy atom. The number of pyridine rings is 1. The van der Waals surface area contributed by atoms with Crippen molar-refractivity contribution in [3.63, 3.8) is 0 Å². The Hall–Kier alpha value is -2.56. The summed E-state index contributed by atoms with van der Waals surface area (Å²) in [6, 6.07) is 9.55. The number of aromatic nitrogens is 1. The van der Waals surface area contributed by atoms with Crippen LogP contribution >= 0.6 is 0 Å². The molecule has 5 heteroatoms. The molecule has 5 nitrogen and oxygen atoms in total. The van der Waals surface area contributed by atoms with Crippen molar-refractivity contribution in [1.82, 2.24) is 15.2 Å². The summed E-state index contributed by atoms with van der Waals surface area (Å²) in [6.07, 6.45) is 3.53. The van der Waals surface area contributed by atoms with E-state index in [0.717, 1.165) is 22.4 Å². The maximum absolute atomic E-state index is 12.8. The van der Waals surface area contributed by atoms with Crippen molar-refractivity contribution in [3.8, 4) is 5.75 Å². The highest BCUT2D eigenvalue weighted by Gasteiger charge is 2.22. The van der Waals surface area contributed by atoms with Crippen LogP contribution in [-0.2, 0) is 0 Å². The number of ether oxygens (including phenoxy) is 1. The molecular formula is C20H27N3O2. The van der Waals surface area contributed by atoms with Crippen LogP contribution in [0.3, 0.4) is 0 Å². The summed E-state index contributed by atoms with van der Waals surface area (Å²) in [6.45, 7) is 8.60. The zero-order valence-electron chi connectivity index (χ0n) is 15.6. The fraction of sp³-hybridized carbons (Fsp3) is 0.400. The van der Waals surface area contributed by atoms with Crippen LogP contribution in [0.15, 0.2) is 42.7 Å². The van der Waals surface area contributed by atoms with Gasteiger partial charge in [0.05, 0.1) is 19.2 Å². The number of urea groups is 1. The predicted octanol–water partition coefficient (Wildman–Crippen LogP) is 4.25. The first-order chi connectivity index (χ1) is 12.0. The van der Waals surface area contributed by atoms with Crippen molar-refractivity contribution >= 4 is 6.03 Å². The van der Waals surface area contributed by atoms with Gasteiger partial charge in [0.2, 0.25) is 0 Å². The summed E-state index contributed by atoms with van der Waals surface area (Å²) in [5, 5.41) is 3.09. The molecule has 134 valence electrons. The summed E-state index contributed by atoms with van der Waals surface area (Å²) < 4.78 is 5.43. The summed E-state index contributed by atoms with van der Waals surface area (Å²) in [4.78, 5) is 18.8. The van der Waals surface area contributed by atoms with Crippen LogP contribution in [0.1, 0.15) is 49.5 Å². The van der Waals surface area contributed by atoms with Gasteiger partial charge in [-0.15, -0.1) is 0 Å². The van der Waals surface area contributed by atoms with Crippen molar-refractivity contribution < 1.29 is 9.53 Å². The molecule has 2 amide bonds. The van der Waals surface area contributed by atoms with Gasteiger partial charge in [0.1, 0.15) is 5.75 Å². The molecule has 1 heterocycles. The van der Waals surface area contributed by atoms with Crippen molar-refractivity contribution in [3.05, 3.63) is 59.4 Å². The maximum Gasteiger partial charge on any atom is 0.318 e. The number of hydrogen-bond acceptors (Lipinski definition) is 3. The van der Waals surface area contributed by atoms with Crippen LogP contribution in [0.4, 0.5) is 4.79 Å². The first-order valence-electron chi connectivity index (χ1n) is 8.59. The van der Waals surface area contributed by atoms with Gasteiger partial charge in [-0.2, -0.15) is 0 Å². The van der Waals surface area contributed by atoms with Crippen molar-refractivity contribution in [2.45, 2.75) is 39.8 Å². The van der Waals surface area contributed by atoms with Crippen LogP contribution in [0.2, 0.25) is 0 Å². The number of nitrogens with zero attached hydrogens (tertiary/aromatic N) is 2. The third kappa shape index (κ3) is 4.50. The summed E-state index contributed by atoms with van der Waals surface area (Å²) in [7, 11) is 1.64. The van der Waals surface area contributed by atoms with Gasteiger partial charge in [0.15, 0.2) is 0 Å². The van der Waals surface area contributed by atoms with E-state index in [1.54, 1.807) is 24.4 Å². The Bertz CT molecular complexity index is 703. The molecule has 0 aliphatic heterocycles. The zero-order valence-corrected chi connectivity index (χ0v) is 15.6. The van der Waals surface area contributed by atoms with E-state index < -0.39 is 0 Å². The van der Waals surface area contributed by atoms with Crippen molar-refractivity contribution in [2.75, 3.05) is 13.7 Å². The smallest absolute Gasteiger partial charge is 0.318 e. The summed E-state index contributed by atoms with van der Waals surface area (Å²) in [5.41, 5.74) is 3.12. The Balaban J connectivity index is 2.15. The fourth-order valence-corrected chi connectivity index (χ4v) is 2.93. The van der Waals surface area contributed by atoms with Crippen LogP contribution < -0.4 is 10.1 Å². The van der Waals surface area contributed by atoms with Gasteiger partial charge in [-0.05, 0) is 45.4 Å². The molecule has 0 saturated heterocycles. The molecule has 0 fully saturated rings. The maximum atomic E-state index is 12.8. The fourth-order valence-electron chi connectivity index (χ4n) is 2.93. The lowest BCUT2D eigenvalue weighted by Gasteiger charge is -2.30. The third-order valence-corrected chi connectivity index (χ3v) is 4.43. The van der Waals surface area contributed by atoms with Crippen molar-refractivity contribution in [2.24, 2.45) is 0 Å². The quantitative estimate of drug-likeness (QED) is 0.854. The zero-order chi connectivity index (χ0) is 18.4. The van der Waals surface area contributed by atoms with Gasteiger partial charge >= 0.3 is 6.03 Å². The lowest BCUT2D eigenvalue weighted by Crippen LogP contribution is -2.42. The highest BCUT2D eigenvalue weighted by Crippen LogP contribution is 2.27. The molecule has 2 atom stereocenters. The topological polar surface area (TPSA) is 54.5 Å². The highest BCUT2D eigenvalue weighted by molar-refractivity contribution is 5.75. The van der Waals surface area contributed by atoms with E-state index in [9.17, 15) is 4.79 Å². The molecule has 0 saturated carbocycles. The molecule has 0 spiro atoms. The van der Waals surface area contributed by atoms with Gasteiger partial charge < -0.3 is 15.0 Å². The Labute approximate surface area is 150 Å². The van der Waals surface area contributed by atoms with E-state index in [2.05, 4.69) is 10.3 Å². The monoisotopic (exact) mass is 341 g/mol. The van der Waals surface area contributed by atoms with Gasteiger partial charge in [-0.3, -0.25) is 4.98 Å². The first kappa shape index (κ1) is 18.8. The Morgan fingerprint density at radius 1 is 1.32 bits per heavy atom. The van der Waals surface area contributed by atoms with Gasteiger partial charge in [0.25, 0.3) is 0 Å². The highest BCUT2D eigenvalue weighted by atomic mass is 16.5. The van der Waals surface area contributed by atoms with Crippen molar-refractivity contribution in [1.29, 1.82) is 0 Å². The molecule has 1 aromatic carbocycles. The second kappa shape index (κ2) is 8.51. The second-order valence-electron chi connectivity index (χ2n) is 6.16. The SMILES string of the molecule is CCN(C(=O)N[C@@H](C)c1cc(C)ccc1OC)[C@H](C)c1cccnc1. The summed E-state index contributed by atoms with van der Waals surface area (Å²) >= 11 is 0. The van der Waals surface area contributed by atoms with E-state index in [-0.39, 0.29) is 18.1 Å². The Kier molecular flexibility index (Phi) is 6.39. The van der Waals surface area contributed by atoms with E-state index >= 15 is 0 Å². The molecule has 0 aliphatic rings. The van der Waals surface area contributed by atoms with E-state index in [1.165, 1.54) is 0 Å². The predicted molar refractivity (Wildman–Crippen MR) is 99.7 cm³/mol. The average Bonchev–Trinajstić information content (AvgIpc) is 2.62. The number of rotatable bonds is 6. The van der Waals surface area contributed by atoms with Crippen LogP contribution in [-0.4, -0.2) is 29.6 Å². The van der Waals surface area contributed by atoms with Crippen LogP contribution in [0, 0.1) is 6.92 Å². The minimum atomic E-state index is -0.155. The number of aryl methyl sites for hydroxylation is 1. The molecule has 0 bridgehead atoms. The number of hydrogen-bond donors (Lipinski definition) is 1. The molecule has 1 N–H and O–H groups in total. The van der Waals surface area contributed by atoms with Gasteiger partial charge in [0, 0.05) is 24.5 Å². The molecule has 0 aliphatic carbocycles. The molecule has 2 rings (SSSR count). The molecule has 0 unspecified atom stereocenters. The second-order valence-corrected chi connectivity index (χ2v) is 6.16. The Morgan fingerprint density at radius 3 is 2.68 bits per heavy atom. The number of carbonyl (C=O) groups is 1.